The predicted octanol–water partition coefficient (Wildman–Crippen LogP) is 2.13. The Balaban J connectivity index is 1.80. The van der Waals surface area contributed by atoms with E-state index in [-0.39, 0.29) is 24.1 Å². The zero-order valence-corrected chi connectivity index (χ0v) is 13.0. The largest absolute Gasteiger partial charge is 0.376 e. The van der Waals surface area contributed by atoms with Gasteiger partial charge in [0.2, 0.25) is 0 Å². The van der Waals surface area contributed by atoms with Crippen LogP contribution in [0.4, 0.5) is 10.5 Å². The van der Waals surface area contributed by atoms with Crippen LogP contribution in [0.3, 0.4) is 0 Å². The monoisotopic (exact) mass is 305 g/mol. The van der Waals surface area contributed by atoms with Gasteiger partial charge in [-0.15, -0.1) is 0 Å². The maximum atomic E-state index is 11.8. The third-order valence-corrected chi connectivity index (χ3v) is 3.34. The zero-order valence-electron chi connectivity index (χ0n) is 13.0. The van der Waals surface area contributed by atoms with Crippen molar-refractivity contribution in [2.75, 3.05) is 18.5 Å². The Kier molecular flexibility index (Phi) is 5.77. The molecule has 2 rings (SSSR count). The highest BCUT2D eigenvalue weighted by molar-refractivity contribution is 5.95. The summed E-state index contributed by atoms with van der Waals surface area (Å²) in [4.78, 5) is 23.6. The Hall–Kier alpha value is -2.08. The van der Waals surface area contributed by atoms with Gasteiger partial charge in [0.1, 0.15) is 0 Å². The lowest BCUT2D eigenvalue weighted by atomic mass is 10.2. The van der Waals surface area contributed by atoms with Gasteiger partial charge in [-0.3, -0.25) is 4.79 Å². The van der Waals surface area contributed by atoms with Gasteiger partial charge in [0.25, 0.3) is 5.91 Å². The lowest BCUT2D eigenvalue weighted by molar-refractivity contribution is 0.0943. The molecule has 1 atom stereocenters. The van der Waals surface area contributed by atoms with Crippen LogP contribution < -0.4 is 16.0 Å². The van der Waals surface area contributed by atoms with Crippen LogP contribution in [0.2, 0.25) is 0 Å². The number of carbonyl (C=O) groups excluding carboxylic acids is 2. The molecule has 0 aliphatic carbocycles. The molecule has 1 unspecified atom stereocenters. The predicted molar refractivity (Wildman–Crippen MR) is 85.0 cm³/mol. The number of nitrogens with one attached hydrogen (secondary N) is 3. The molecular formula is C16H23N3O3. The molecule has 120 valence electrons. The smallest absolute Gasteiger partial charge is 0.319 e. The third-order valence-electron chi connectivity index (χ3n) is 3.34. The number of rotatable bonds is 5. The summed E-state index contributed by atoms with van der Waals surface area (Å²) in [6.45, 7) is 5.10. The molecule has 1 aromatic carbocycles. The summed E-state index contributed by atoms with van der Waals surface area (Å²) in [6.07, 6.45) is 2.15. The normalized spacial score (nSPS) is 17.3. The lowest BCUT2D eigenvalue weighted by Gasteiger charge is -2.12. The molecule has 22 heavy (non-hydrogen) atoms. The van der Waals surface area contributed by atoms with Crippen molar-refractivity contribution in [2.24, 2.45) is 0 Å². The first-order valence-electron chi connectivity index (χ1n) is 7.62. The van der Waals surface area contributed by atoms with E-state index in [9.17, 15) is 9.59 Å². The van der Waals surface area contributed by atoms with Gasteiger partial charge in [-0.25, -0.2) is 4.79 Å². The van der Waals surface area contributed by atoms with Crippen molar-refractivity contribution in [2.45, 2.75) is 38.8 Å². The molecule has 6 nitrogen and oxygen atoms in total. The van der Waals surface area contributed by atoms with Gasteiger partial charge in [-0.1, -0.05) is 0 Å². The minimum absolute atomic E-state index is 0.0916. The molecule has 1 fully saturated rings. The van der Waals surface area contributed by atoms with Crippen molar-refractivity contribution in [3.05, 3.63) is 29.8 Å². The highest BCUT2D eigenvalue weighted by Gasteiger charge is 2.16. The minimum Gasteiger partial charge on any atom is -0.376 e. The van der Waals surface area contributed by atoms with E-state index in [0.717, 1.165) is 19.4 Å². The fraction of sp³-hybridized carbons (Fsp3) is 0.500. The molecule has 0 aromatic heterocycles. The molecular weight excluding hydrogens is 282 g/mol. The Morgan fingerprint density at radius 3 is 2.59 bits per heavy atom. The minimum atomic E-state index is -0.269. The molecule has 1 aliphatic rings. The van der Waals surface area contributed by atoms with Crippen LogP contribution in [0.15, 0.2) is 24.3 Å². The number of urea groups is 1. The SMILES string of the molecule is CC(C)NC(=O)c1ccc(NC(=O)NCC2CCCO2)cc1. The van der Waals surface area contributed by atoms with E-state index in [1.165, 1.54) is 0 Å². The van der Waals surface area contributed by atoms with E-state index < -0.39 is 0 Å². The number of hydrogen-bond donors (Lipinski definition) is 3. The van der Waals surface area contributed by atoms with Gasteiger partial charge in [-0.2, -0.15) is 0 Å². The summed E-state index contributed by atoms with van der Waals surface area (Å²) >= 11 is 0. The van der Waals surface area contributed by atoms with Gasteiger partial charge in [0.05, 0.1) is 6.10 Å². The Morgan fingerprint density at radius 2 is 2.00 bits per heavy atom. The topological polar surface area (TPSA) is 79.5 Å². The van der Waals surface area contributed by atoms with Crippen LogP contribution in [0.25, 0.3) is 0 Å². The van der Waals surface area contributed by atoms with Gasteiger partial charge in [0.15, 0.2) is 0 Å². The van der Waals surface area contributed by atoms with Gasteiger partial charge in [0, 0.05) is 30.4 Å². The molecule has 0 saturated carbocycles. The van der Waals surface area contributed by atoms with Crippen molar-refractivity contribution in [1.29, 1.82) is 0 Å². The van der Waals surface area contributed by atoms with Crippen molar-refractivity contribution >= 4 is 17.6 Å². The van der Waals surface area contributed by atoms with E-state index >= 15 is 0 Å². The number of hydrogen-bond acceptors (Lipinski definition) is 3. The van der Waals surface area contributed by atoms with Crippen LogP contribution in [-0.2, 0) is 4.74 Å². The van der Waals surface area contributed by atoms with E-state index in [1.54, 1.807) is 24.3 Å². The number of amides is 3. The molecule has 0 spiro atoms. The molecule has 1 aromatic rings. The van der Waals surface area contributed by atoms with Gasteiger partial charge in [-0.05, 0) is 51.0 Å². The molecule has 0 radical (unpaired) electrons. The fourth-order valence-corrected chi connectivity index (χ4v) is 2.24. The van der Waals surface area contributed by atoms with E-state index in [0.29, 0.717) is 17.8 Å². The maximum Gasteiger partial charge on any atom is 0.319 e. The average Bonchev–Trinajstić information content (AvgIpc) is 2.98. The van der Waals surface area contributed by atoms with Gasteiger partial charge >= 0.3 is 6.03 Å². The van der Waals surface area contributed by atoms with E-state index in [2.05, 4.69) is 16.0 Å². The first-order chi connectivity index (χ1) is 10.5. The van der Waals surface area contributed by atoms with E-state index in [4.69, 9.17) is 4.74 Å². The highest BCUT2D eigenvalue weighted by atomic mass is 16.5. The Morgan fingerprint density at radius 1 is 1.27 bits per heavy atom. The quantitative estimate of drug-likeness (QED) is 0.779. The number of ether oxygens (including phenoxy) is 1. The lowest BCUT2D eigenvalue weighted by Crippen LogP contribution is -2.35. The molecule has 3 amide bonds. The van der Waals surface area contributed by atoms with Crippen molar-refractivity contribution < 1.29 is 14.3 Å². The molecule has 1 saturated heterocycles. The van der Waals surface area contributed by atoms with Crippen LogP contribution >= 0.6 is 0 Å². The van der Waals surface area contributed by atoms with Crippen LogP contribution in [0, 0.1) is 0 Å². The second-order valence-electron chi connectivity index (χ2n) is 5.68. The fourth-order valence-electron chi connectivity index (χ4n) is 2.24. The molecule has 1 aliphatic heterocycles. The number of anilines is 1. The second-order valence-corrected chi connectivity index (χ2v) is 5.68. The number of carbonyl (C=O) groups is 2. The molecule has 3 N–H and O–H groups in total. The first-order valence-corrected chi connectivity index (χ1v) is 7.62. The summed E-state index contributed by atoms with van der Waals surface area (Å²) < 4.78 is 5.44. The van der Waals surface area contributed by atoms with E-state index in [1.807, 2.05) is 13.8 Å². The first kappa shape index (κ1) is 16.3. The van der Waals surface area contributed by atoms with Crippen molar-refractivity contribution in [3.63, 3.8) is 0 Å². The maximum absolute atomic E-state index is 11.8. The standard InChI is InChI=1S/C16H23N3O3/c1-11(2)18-15(20)12-5-7-13(8-6-12)19-16(21)17-10-14-4-3-9-22-14/h5-8,11,14H,3-4,9-10H2,1-2H3,(H,18,20)(H2,17,19,21). The molecule has 1 heterocycles. The van der Waals surface area contributed by atoms with Crippen molar-refractivity contribution in [1.82, 2.24) is 10.6 Å². The van der Waals surface area contributed by atoms with Crippen molar-refractivity contribution in [3.8, 4) is 0 Å². The zero-order chi connectivity index (χ0) is 15.9. The second kappa shape index (κ2) is 7.79. The summed E-state index contributed by atoms with van der Waals surface area (Å²) in [7, 11) is 0. The average molecular weight is 305 g/mol. The summed E-state index contributed by atoms with van der Waals surface area (Å²) in [5.74, 6) is -0.121. The molecule has 6 heteroatoms. The Bertz CT molecular complexity index is 508. The van der Waals surface area contributed by atoms with Crippen LogP contribution in [0.1, 0.15) is 37.0 Å². The Labute approximate surface area is 130 Å². The molecule has 0 bridgehead atoms. The summed E-state index contributed by atoms with van der Waals surface area (Å²) in [5, 5.41) is 8.34. The summed E-state index contributed by atoms with van der Waals surface area (Å²) in [5.41, 5.74) is 1.21. The third kappa shape index (κ3) is 5.04. The summed E-state index contributed by atoms with van der Waals surface area (Å²) in [6, 6.07) is 6.62. The van der Waals surface area contributed by atoms with Crippen LogP contribution in [-0.4, -0.2) is 37.2 Å². The number of benzene rings is 1. The van der Waals surface area contributed by atoms with Crippen LogP contribution in [0.5, 0.6) is 0 Å². The van der Waals surface area contributed by atoms with Gasteiger partial charge < -0.3 is 20.7 Å². The highest BCUT2D eigenvalue weighted by Crippen LogP contribution is 2.11.